The van der Waals surface area contributed by atoms with E-state index in [4.69, 9.17) is 4.52 Å². The molecule has 1 N–H and O–H groups in total. The zero-order valence-electron chi connectivity index (χ0n) is 10.5. The molecular formula is C14H10FN3O2. The van der Waals surface area contributed by atoms with Gasteiger partial charge in [-0.15, -0.1) is 0 Å². The predicted octanol–water partition coefficient (Wildman–Crippen LogP) is 2.95. The van der Waals surface area contributed by atoms with E-state index < -0.39 is 5.82 Å². The molecular weight excluding hydrogens is 261 g/mol. The fourth-order valence-electron chi connectivity index (χ4n) is 1.83. The van der Waals surface area contributed by atoms with E-state index in [1.807, 2.05) is 13.0 Å². The van der Waals surface area contributed by atoms with Crippen molar-refractivity contribution in [3.63, 3.8) is 0 Å². The number of hydrogen-bond donors (Lipinski definition) is 1. The van der Waals surface area contributed by atoms with Gasteiger partial charge in [0, 0.05) is 24.0 Å². The Hall–Kier alpha value is -2.76. The molecule has 2 heterocycles. The molecule has 0 unspecified atom stereocenters. The Bertz CT molecular complexity index is 771. The van der Waals surface area contributed by atoms with Gasteiger partial charge in [-0.3, -0.25) is 4.98 Å². The van der Waals surface area contributed by atoms with E-state index in [0.29, 0.717) is 5.82 Å². The summed E-state index contributed by atoms with van der Waals surface area (Å²) in [6.45, 7) is 1.91. The summed E-state index contributed by atoms with van der Waals surface area (Å²) < 4.78 is 18.1. The molecule has 0 saturated heterocycles. The van der Waals surface area contributed by atoms with Crippen LogP contribution >= 0.6 is 0 Å². The maximum absolute atomic E-state index is 13.0. The quantitative estimate of drug-likeness (QED) is 0.775. The van der Waals surface area contributed by atoms with Gasteiger partial charge in [-0.25, -0.2) is 4.39 Å². The lowest BCUT2D eigenvalue weighted by Gasteiger charge is -1.99. The van der Waals surface area contributed by atoms with Crippen LogP contribution in [0.3, 0.4) is 0 Å². The second kappa shape index (κ2) is 4.73. The van der Waals surface area contributed by atoms with Crippen molar-refractivity contribution in [3.05, 3.63) is 48.0 Å². The molecule has 0 aliphatic rings. The zero-order valence-corrected chi connectivity index (χ0v) is 10.5. The first-order chi connectivity index (χ1) is 9.65. The van der Waals surface area contributed by atoms with E-state index in [0.717, 1.165) is 17.2 Å². The standard InChI is InChI=1S/C14H10FN3O2/c1-8-4-5-16-7-11(8)13-17-14(20-18-13)10-3-2-9(15)6-12(10)19/h2-7,19H,1H3. The van der Waals surface area contributed by atoms with Crippen LogP contribution in [0.1, 0.15) is 5.56 Å². The van der Waals surface area contributed by atoms with Crippen molar-refractivity contribution in [2.75, 3.05) is 0 Å². The number of halogens is 1. The molecule has 0 aliphatic carbocycles. The van der Waals surface area contributed by atoms with Crippen molar-refractivity contribution in [1.82, 2.24) is 15.1 Å². The Morgan fingerprint density at radius 2 is 2.05 bits per heavy atom. The third kappa shape index (κ3) is 2.11. The van der Waals surface area contributed by atoms with Crippen LogP contribution < -0.4 is 0 Å². The van der Waals surface area contributed by atoms with Crippen LogP contribution in [0.25, 0.3) is 22.8 Å². The van der Waals surface area contributed by atoms with Crippen LogP contribution in [0.15, 0.2) is 41.2 Å². The molecule has 2 aromatic heterocycles. The Balaban J connectivity index is 2.04. The maximum Gasteiger partial charge on any atom is 0.262 e. The van der Waals surface area contributed by atoms with Gasteiger partial charge in [0.25, 0.3) is 5.89 Å². The first-order valence-corrected chi connectivity index (χ1v) is 5.89. The van der Waals surface area contributed by atoms with Gasteiger partial charge in [-0.05, 0) is 30.7 Å². The smallest absolute Gasteiger partial charge is 0.262 e. The first-order valence-electron chi connectivity index (χ1n) is 5.89. The minimum Gasteiger partial charge on any atom is -0.507 e. The second-order valence-corrected chi connectivity index (χ2v) is 4.28. The van der Waals surface area contributed by atoms with Gasteiger partial charge in [0.2, 0.25) is 5.82 Å². The van der Waals surface area contributed by atoms with Crippen molar-refractivity contribution in [3.8, 4) is 28.6 Å². The number of rotatable bonds is 2. The summed E-state index contributed by atoms with van der Waals surface area (Å²) in [5.74, 6) is -0.285. The Morgan fingerprint density at radius 1 is 1.20 bits per heavy atom. The van der Waals surface area contributed by atoms with E-state index in [1.165, 1.54) is 12.1 Å². The summed E-state index contributed by atoms with van der Waals surface area (Å²) in [5.41, 5.74) is 1.98. The first kappa shape index (κ1) is 12.3. The minimum absolute atomic E-state index is 0.126. The number of aromatic hydroxyl groups is 1. The molecule has 3 aromatic rings. The maximum atomic E-state index is 13.0. The van der Waals surface area contributed by atoms with Gasteiger partial charge in [0.1, 0.15) is 11.6 Å². The number of phenols is 1. The van der Waals surface area contributed by atoms with Crippen LogP contribution in [-0.4, -0.2) is 20.2 Å². The molecule has 20 heavy (non-hydrogen) atoms. The molecule has 0 aliphatic heterocycles. The van der Waals surface area contributed by atoms with Gasteiger partial charge < -0.3 is 9.63 Å². The highest BCUT2D eigenvalue weighted by molar-refractivity contribution is 5.65. The van der Waals surface area contributed by atoms with Gasteiger partial charge in [-0.1, -0.05) is 5.16 Å². The van der Waals surface area contributed by atoms with Crippen molar-refractivity contribution in [2.24, 2.45) is 0 Å². The number of benzene rings is 1. The van der Waals surface area contributed by atoms with Crippen molar-refractivity contribution >= 4 is 0 Å². The molecule has 0 spiro atoms. The van der Waals surface area contributed by atoms with Crippen LogP contribution in [0.5, 0.6) is 5.75 Å². The fraction of sp³-hybridized carbons (Fsp3) is 0.0714. The largest absolute Gasteiger partial charge is 0.507 e. The summed E-state index contributed by atoms with van der Waals surface area (Å²) in [6.07, 6.45) is 3.31. The van der Waals surface area contributed by atoms with Gasteiger partial charge in [0.15, 0.2) is 0 Å². The minimum atomic E-state index is -0.533. The van der Waals surface area contributed by atoms with E-state index in [-0.39, 0.29) is 17.2 Å². The van der Waals surface area contributed by atoms with Crippen LogP contribution in [-0.2, 0) is 0 Å². The second-order valence-electron chi connectivity index (χ2n) is 4.28. The van der Waals surface area contributed by atoms with Crippen LogP contribution in [0.4, 0.5) is 4.39 Å². The average molecular weight is 271 g/mol. The lowest BCUT2D eigenvalue weighted by Crippen LogP contribution is -1.87. The van der Waals surface area contributed by atoms with Gasteiger partial charge in [-0.2, -0.15) is 4.98 Å². The zero-order chi connectivity index (χ0) is 14.1. The van der Waals surface area contributed by atoms with E-state index in [9.17, 15) is 9.50 Å². The Labute approximate surface area is 113 Å². The SMILES string of the molecule is Cc1ccncc1-c1noc(-c2ccc(F)cc2O)n1. The Kier molecular flexibility index (Phi) is 2.90. The summed E-state index contributed by atoms with van der Waals surface area (Å²) in [7, 11) is 0. The molecule has 0 bridgehead atoms. The summed E-state index contributed by atoms with van der Waals surface area (Å²) in [6, 6.07) is 5.43. The molecule has 0 saturated carbocycles. The molecule has 3 rings (SSSR count). The summed E-state index contributed by atoms with van der Waals surface area (Å²) >= 11 is 0. The number of hydrogen-bond acceptors (Lipinski definition) is 5. The number of aromatic nitrogens is 3. The Morgan fingerprint density at radius 3 is 2.80 bits per heavy atom. The molecule has 5 nitrogen and oxygen atoms in total. The van der Waals surface area contributed by atoms with Crippen molar-refractivity contribution in [1.29, 1.82) is 0 Å². The number of pyridine rings is 1. The summed E-state index contributed by atoms with van der Waals surface area (Å²) in [5, 5.41) is 13.6. The van der Waals surface area contributed by atoms with E-state index >= 15 is 0 Å². The molecule has 6 heteroatoms. The molecule has 0 amide bonds. The van der Waals surface area contributed by atoms with Crippen molar-refractivity contribution < 1.29 is 14.0 Å². The van der Waals surface area contributed by atoms with Gasteiger partial charge in [0.05, 0.1) is 5.56 Å². The average Bonchev–Trinajstić information content (AvgIpc) is 2.88. The third-order valence-electron chi connectivity index (χ3n) is 2.90. The topological polar surface area (TPSA) is 72.0 Å². The molecule has 0 radical (unpaired) electrons. The van der Waals surface area contributed by atoms with E-state index in [2.05, 4.69) is 15.1 Å². The number of nitrogens with zero attached hydrogens (tertiary/aromatic N) is 3. The van der Waals surface area contributed by atoms with Crippen LogP contribution in [0.2, 0.25) is 0 Å². The molecule has 1 aromatic carbocycles. The highest BCUT2D eigenvalue weighted by Gasteiger charge is 2.15. The third-order valence-corrected chi connectivity index (χ3v) is 2.90. The molecule has 0 atom stereocenters. The monoisotopic (exact) mass is 271 g/mol. The molecule has 100 valence electrons. The number of aryl methyl sites for hydroxylation is 1. The van der Waals surface area contributed by atoms with Crippen molar-refractivity contribution in [2.45, 2.75) is 6.92 Å². The molecule has 0 fully saturated rings. The van der Waals surface area contributed by atoms with E-state index in [1.54, 1.807) is 12.4 Å². The van der Waals surface area contributed by atoms with Crippen LogP contribution in [0, 0.1) is 12.7 Å². The lowest BCUT2D eigenvalue weighted by atomic mass is 10.1. The highest BCUT2D eigenvalue weighted by atomic mass is 19.1. The van der Waals surface area contributed by atoms with Gasteiger partial charge >= 0.3 is 0 Å². The predicted molar refractivity (Wildman–Crippen MR) is 69.3 cm³/mol. The number of phenolic OH excluding ortho intramolecular Hbond substituents is 1. The fourth-order valence-corrected chi connectivity index (χ4v) is 1.83. The normalized spacial score (nSPS) is 10.7. The summed E-state index contributed by atoms with van der Waals surface area (Å²) in [4.78, 5) is 8.21. The highest BCUT2D eigenvalue weighted by Crippen LogP contribution is 2.30. The lowest BCUT2D eigenvalue weighted by molar-refractivity contribution is 0.425.